The summed E-state index contributed by atoms with van der Waals surface area (Å²) in [7, 11) is 1.45. The number of phosphoric ester groups is 1. The summed E-state index contributed by atoms with van der Waals surface area (Å²) in [6.07, 6.45) is 32.1. The van der Waals surface area contributed by atoms with Gasteiger partial charge in [0.15, 0.2) is 6.10 Å². The molecule has 2 atom stereocenters. The summed E-state index contributed by atoms with van der Waals surface area (Å²) in [4.78, 5) is 35.0. The third kappa shape index (κ3) is 34.1. The normalized spacial score (nSPS) is 14.2. The van der Waals surface area contributed by atoms with Crippen LogP contribution in [0.4, 0.5) is 0 Å². The first-order valence-corrected chi connectivity index (χ1v) is 20.2. The van der Waals surface area contributed by atoms with Crippen LogP contribution in [0.2, 0.25) is 0 Å². The van der Waals surface area contributed by atoms with Gasteiger partial charge in [0.1, 0.15) is 19.8 Å². The van der Waals surface area contributed by atoms with Crippen LogP contribution in [0, 0.1) is 0 Å². The van der Waals surface area contributed by atoms with Crippen molar-refractivity contribution in [1.29, 1.82) is 0 Å². The van der Waals surface area contributed by atoms with Gasteiger partial charge < -0.3 is 18.9 Å². The molecular formula is C38H71NO8P+. The van der Waals surface area contributed by atoms with Crippen LogP contribution in [0.15, 0.2) is 36.5 Å². The van der Waals surface area contributed by atoms with Gasteiger partial charge in [-0.3, -0.25) is 18.6 Å². The molecule has 0 aliphatic carbocycles. The Balaban J connectivity index is 4.44. The highest BCUT2D eigenvalue weighted by Crippen LogP contribution is 2.43. The minimum Gasteiger partial charge on any atom is -0.462 e. The van der Waals surface area contributed by atoms with Crippen molar-refractivity contribution in [3.63, 3.8) is 0 Å². The molecule has 0 amide bonds. The molecule has 0 radical (unpaired) electrons. The zero-order chi connectivity index (χ0) is 35.8. The molecule has 0 rings (SSSR count). The SMILES string of the molecule is CCCCC/C=C/C/C=C/C/C=C/CCCCCCC(=O)O[C@H](COC(=O)CCCCCCCCC)COP(=O)(O)OCC[N+](C)(C)C. The lowest BCUT2D eigenvalue weighted by Crippen LogP contribution is -2.37. The van der Waals surface area contributed by atoms with E-state index in [1.54, 1.807) is 0 Å². The average molecular weight is 701 g/mol. The van der Waals surface area contributed by atoms with Gasteiger partial charge in [-0.2, -0.15) is 0 Å². The van der Waals surface area contributed by atoms with Crippen LogP contribution in [0.25, 0.3) is 0 Å². The van der Waals surface area contributed by atoms with Crippen LogP contribution in [0.1, 0.15) is 142 Å². The smallest absolute Gasteiger partial charge is 0.462 e. The van der Waals surface area contributed by atoms with E-state index in [0.717, 1.165) is 57.8 Å². The molecule has 0 aromatic heterocycles. The van der Waals surface area contributed by atoms with Crippen molar-refractivity contribution >= 4 is 19.8 Å². The number of quaternary nitrogens is 1. The quantitative estimate of drug-likeness (QED) is 0.0237. The van der Waals surface area contributed by atoms with Crippen molar-refractivity contribution in [2.75, 3.05) is 47.5 Å². The molecule has 0 aliphatic rings. The van der Waals surface area contributed by atoms with Crippen LogP contribution < -0.4 is 0 Å². The van der Waals surface area contributed by atoms with Crippen LogP contribution in [0.3, 0.4) is 0 Å². The standard InChI is InChI=1S/C38H70NO8P/c1-6-8-10-12-14-15-16-17-18-19-20-21-22-23-25-27-29-31-38(41)47-36(35-46-48(42,43)45-33-32-39(3,4)5)34-44-37(40)30-28-26-24-13-11-9-7-2/h14-15,17-18,20-21,36H,6-13,16,19,22-35H2,1-5H3/p+1/b15-14+,18-17+,21-20+/t36-/m1/s1. The monoisotopic (exact) mass is 700 g/mol. The van der Waals surface area contributed by atoms with E-state index < -0.39 is 26.5 Å². The highest BCUT2D eigenvalue weighted by molar-refractivity contribution is 7.47. The second kappa shape index (κ2) is 31.2. The van der Waals surface area contributed by atoms with Gasteiger partial charge in [0.05, 0.1) is 27.7 Å². The minimum atomic E-state index is -4.37. The molecule has 0 heterocycles. The molecule has 1 N–H and O–H groups in total. The van der Waals surface area contributed by atoms with Gasteiger partial charge in [0, 0.05) is 12.8 Å². The lowest BCUT2D eigenvalue weighted by Gasteiger charge is -2.24. The maximum absolute atomic E-state index is 12.6. The number of hydrogen-bond acceptors (Lipinski definition) is 7. The molecule has 0 aromatic rings. The number of carbonyl (C=O) groups excluding carboxylic acids is 2. The molecular weight excluding hydrogens is 629 g/mol. The number of likely N-dealkylation sites (N-methyl/N-ethyl adjacent to an activating group) is 1. The molecule has 0 bridgehead atoms. The molecule has 10 heteroatoms. The van der Waals surface area contributed by atoms with Gasteiger partial charge in [0.2, 0.25) is 0 Å². The molecule has 0 aliphatic heterocycles. The Morgan fingerprint density at radius 3 is 1.71 bits per heavy atom. The molecule has 0 saturated carbocycles. The summed E-state index contributed by atoms with van der Waals surface area (Å²) >= 11 is 0. The largest absolute Gasteiger partial charge is 0.472 e. The van der Waals surface area contributed by atoms with Crippen molar-refractivity contribution in [3.8, 4) is 0 Å². The Morgan fingerprint density at radius 2 is 1.12 bits per heavy atom. The summed E-state index contributed by atoms with van der Waals surface area (Å²) in [6, 6.07) is 0. The van der Waals surface area contributed by atoms with E-state index in [4.69, 9.17) is 18.5 Å². The molecule has 9 nitrogen and oxygen atoms in total. The summed E-state index contributed by atoms with van der Waals surface area (Å²) in [5.74, 6) is -0.834. The zero-order valence-electron chi connectivity index (χ0n) is 31.2. The summed E-state index contributed by atoms with van der Waals surface area (Å²) in [6.45, 7) is 4.29. The van der Waals surface area contributed by atoms with Crippen molar-refractivity contribution in [1.82, 2.24) is 0 Å². The molecule has 0 fully saturated rings. The van der Waals surface area contributed by atoms with Gasteiger partial charge in [0.25, 0.3) is 0 Å². The van der Waals surface area contributed by atoms with E-state index in [1.165, 1.54) is 51.4 Å². The minimum absolute atomic E-state index is 0.0269. The lowest BCUT2D eigenvalue weighted by atomic mass is 10.1. The van der Waals surface area contributed by atoms with Gasteiger partial charge in [-0.25, -0.2) is 4.57 Å². The van der Waals surface area contributed by atoms with Crippen molar-refractivity contribution < 1.29 is 42.1 Å². The number of phosphoric acid groups is 1. The Morgan fingerprint density at radius 1 is 0.646 bits per heavy atom. The Hall–Kier alpha value is -1.77. The first kappa shape index (κ1) is 46.2. The van der Waals surface area contributed by atoms with Crippen molar-refractivity contribution in [2.24, 2.45) is 0 Å². The van der Waals surface area contributed by atoms with Crippen LogP contribution >= 0.6 is 7.82 Å². The van der Waals surface area contributed by atoms with Crippen LogP contribution in [-0.4, -0.2) is 74.9 Å². The predicted molar refractivity (Wildman–Crippen MR) is 197 cm³/mol. The number of rotatable bonds is 33. The fourth-order valence-electron chi connectivity index (χ4n) is 4.67. The molecule has 0 aromatic carbocycles. The molecule has 0 saturated heterocycles. The Labute approximate surface area is 293 Å². The number of esters is 2. The van der Waals surface area contributed by atoms with E-state index in [-0.39, 0.29) is 32.0 Å². The third-order valence-corrected chi connectivity index (χ3v) is 8.66. The first-order chi connectivity index (χ1) is 23.0. The predicted octanol–water partition coefficient (Wildman–Crippen LogP) is 9.79. The van der Waals surface area contributed by atoms with Gasteiger partial charge >= 0.3 is 19.8 Å². The number of unbranched alkanes of at least 4 members (excludes halogenated alkanes) is 13. The zero-order valence-corrected chi connectivity index (χ0v) is 32.1. The number of hydrogen-bond donors (Lipinski definition) is 1. The highest BCUT2D eigenvalue weighted by Gasteiger charge is 2.27. The fourth-order valence-corrected chi connectivity index (χ4v) is 5.41. The molecule has 280 valence electrons. The Bertz CT molecular complexity index is 928. The fraction of sp³-hybridized carbons (Fsp3) is 0.789. The average Bonchev–Trinajstić information content (AvgIpc) is 3.02. The van der Waals surface area contributed by atoms with Crippen LogP contribution in [0.5, 0.6) is 0 Å². The van der Waals surface area contributed by atoms with E-state index in [0.29, 0.717) is 17.4 Å². The Kier molecular flexibility index (Phi) is 30.1. The van der Waals surface area contributed by atoms with Gasteiger partial charge in [-0.1, -0.05) is 115 Å². The number of allylic oxidation sites excluding steroid dienone is 6. The maximum Gasteiger partial charge on any atom is 0.472 e. The van der Waals surface area contributed by atoms with Crippen LogP contribution in [-0.2, 0) is 32.7 Å². The molecule has 1 unspecified atom stereocenters. The summed E-state index contributed by atoms with van der Waals surface area (Å²) < 4.78 is 34.0. The molecule has 48 heavy (non-hydrogen) atoms. The molecule has 0 spiro atoms. The number of ether oxygens (including phenoxy) is 2. The summed E-state index contributed by atoms with van der Waals surface area (Å²) in [5, 5.41) is 0. The summed E-state index contributed by atoms with van der Waals surface area (Å²) in [5.41, 5.74) is 0. The highest BCUT2D eigenvalue weighted by atomic mass is 31.2. The van der Waals surface area contributed by atoms with E-state index >= 15 is 0 Å². The topological polar surface area (TPSA) is 108 Å². The van der Waals surface area contributed by atoms with E-state index in [9.17, 15) is 19.0 Å². The first-order valence-electron chi connectivity index (χ1n) is 18.7. The second-order valence-corrected chi connectivity index (χ2v) is 15.1. The number of nitrogens with zero attached hydrogens (tertiary/aromatic N) is 1. The maximum atomic E-state index is 12.6. The van der Waals surface area contributed by atoms with E-state index in [1.807, 2.05) is 21.1 Å². The third-order valence-electron chi connectivity index (χ3n) is 7.67. The van der Waals surface area contributed by atoms with Crippen molar-refractivity contribution in [2.45, 2.75) is 148 Å². The second-order valence-electron chi connectivity index (χ2n) is 13.6. The van der Waals surface area contributed by atoms with Gasteiger partial charge in [-0.05, 0) is 51.4 Å². The number of carbonyl (C=O) groups is 2. The van der Waals surface area contributed by atoms with Crippen molar-refractivity contribution in [3.05, 3.63) is 36.5 Å². The lowest BCUT2D eigenvalue weighted by molar-refractivity contribution is -0.870. The van der Waals surface area contributed by atoms with Gasteiger partial charge in [-0.15, -0.1) is 0 Å². The van der Waals surface area contributed by atoms with E-state index in [2.05, 4.69) is 50.3 Å².